The van der Waals surface area contributed by atoms with Crippen LogP contribution in [-0.2, 0) is 32.2 Å². The smallest absolute Gasteiger partial charge is 0.329 e. The maximum absolute atomic E-state index is 13.9. The number of para-hydroxylation sites is 1. The van der Waals surface area contributed by atoms with Crippen molar-refractivity contribution >= 4 is 40.3 Å². The molecule has 4 amide bonds. The summed E-state index contributed by atoms with van der Waals surface area (Å²) in [4.78, 5) is 45.2. The topological polar surface area (TPSA) is 125 Å². The summed E-state index contributed by atoms with van der Waals surface area (Å²) in [5.74, 6) is -0.749. The number of rotatable bonds is 15. The molecule has 2 atom stereocenters. The van der Waals surface area contributed by atoms with E-state index in [0.29, 0.717) is 24.8 Å². The Balaban J connectivity index is 1.65. The lowest BCUT2D eigenvalue weighted by molar-refractivity contribution is -0.179. The quantitative estimate of drug-likeness (QED) is 0.176. The third-order valence-corrected chi connectivity index (χ3v) is 6.93. The first kappa shape index (κ1) is 33.7. The number of nitrogens with zero attached hydrogens (tertiary/aromatic N) is 3. The fourth-order valence-corrected chi connectivity index (χ4v) is 4.68. The molecule has 3 aromatic rings. The first-order chi connectivity index (χ1) is 20.6. The Morgan fingerprint density at radius 3 is 2.33 bits per heavy atom. The molecular weight excluding hydrogens is 572 g/mol. The predicted molar refractivity (Wildman–Crippen MR) is 166 cm³/mol. The first-order valence-electron chi connectivity index (χ1n) is 14.3. The minimum atomic E-state index is -0.867. The Bertz CT molecular complexity index is 1350. The molecule has 12 heteroatoms. The SMILES string of the molecule is CCOC(OCC)[C@H](C)N(Cc1cccc2cccnc12)C(=O)[C@H](C)NC(=O)CN(C)NC(=O)NCc1ccc(Cl)cc1. The average molecular weight is 613 g/mol. The zero-order valence-electron chi connectivity index (χ0n) is 25.3. The number of carbonyl (C=O) groups is 3. The van der Waals surface area contributed by atoms with Gasteiger partial charge >= 0.3 is 6.03 Å². The molecule has 0 aliphatic carbocycles. The number of halogens is 1. The van der Waals surface area contributed by atoms with Crippen molar-refractivity contribution in [2.75, 3.05) is 26.8 Å². The largest absolute Gasteiger partial charge is 0.351 e. The van der Waals surface area contributed by atoms with Crippen LogP contribution in [-0.4, -0.2) is 77.9 Å². The molecule has 43 heavy (non-hydrogen) atoms. The second-order valence-corrected chi connectivity index (χ2v) is 10.5. The van der Waals surface area contributed by atoms with E-state index in [1.807, 2.05) is 63.2 Å². The summed E-state index contributed by atoms with van der Waals surface area (Å²) in [6.07, 6.45) is 1.06. The fraction of sp³-hybridized carbons (Fsp3) is 0.419. The Kier molecular flexibility index (Phi) is 13.1. The second kappa shape index (κ2) is 16.8. The lowest BCUT2D eigenvalue weighted by Crippen LogP contribution is -2.55. The Labute approximate surface area is 257 Å². The third kappa shape index (κ3) is 10.2. The molecule has 11 nitrogen and oxygen atoms in total. The molecule has 1 heterocycles. The van der Waals surface area contributed by atoms with Crippen molar-refractivity contribution < 1.29 is 23.9 Å². The van der Waals surface area contributed by atoms with Crippen LogP contribution in [0.4, 0.5) is 4.79 Å². The zero-order chi connectivity index (χ0) is 31.4. The first-order valence-corrected chi connectivity index (χ1v) is 14.7. The number of hydrogen-bond donors (Lipinski definition) is 3. The van der Waals surface area contributed by atoms with Gasteiger partial charge in [0.05, 0.1) is 18.1 Å². The molecule has 1 aromatic heterocycles. The van der Waals surface area contributed by atoms with Crippen molar-refractivity contribution in [3.63, 3.8) is 0 Å². The van der Waals surface area contributed by atoms with Gasteiger partial charge in [0, 0.05) is 50.0 Å². The summed E-state index contributed by atoms with van der Waals surface area (Å²) in [5.41, 5.74) is 5.11. The van der Waals surface area contributed by atoms with Gasteiger partial charge in [-0.2, -0.15) is 0 Å². The van der Waals surface area contributed by atoms with Gasteiger partial charge in [-0.1, -0.05) is 48.0 Å². The van der Waals surface area contributed by atoms with E-state index in [1.54, 1.807) is 37.2 Å². The van der Waals surface area contributed by atoms with Gasteiger partial charge in [0.2, 0.25) is 11.8 Å². The van der Waals surface area contributed by atoms with Crippen LogP contribution < -0.4 is 16.1 Å². The molecule has 232 valence electrons. The number of likely N-dealkylation sites (N-methyl/N-ethyl adjacent to an activating group) is 1. The van der Waals surface area contributed by atoms with Gasteiger partial charge in [-0.05, 0) is 57.0 Å². The minimum Gasteiger partial charge on any atom is -0.351 e. The van der Waals surface area contributed by atoms with Gasteiger partial charge in [0.15, 0.2) is 6.29 Å². The number of amides is 4. The lowest BCUT2D eigenvalue weighted by atomic mass is 10.1. The van der Waals surface area contributed by atoms with E-state index in [4.69, 9.17) is 21.1 Å². The van der Waals surface area contributed by atoms with Crippen LogP contribution in [0.2, 0.25) is 5.02 Å². The highest BCUT2D eigenvalue weighted by atomic mass is 35.5. The average Bonchev–Trinajstić information content (AvgIpc) is 2.98. The van der Waals surface area contributed by atoms with Gasteiger partial charge in [-0.25, -0.2) is 9.80 Å². The number of hydrazine groups is 1. The van der Waals surface area contributed by atoms with Crippen LogP contribution in [0.1, 0.15) is 38.8 Å². The highest BCUT2D eigenvalue weighted by molar-refractivity contribution is 6.30. The van der Waals surface area contributed by atoms with Crippen molar-refractivity contribution in [3.8, 4) is 0 Å². The summed E-state index contributed by atoms with van der Waals surface area (Å²) in [6, 6.07) is 14.9. The highest BCUT2D eigenvalue weighted by Crippen LogP contribution is 2.21. The van der Waals surface area contributed by atoms with E-state index in [9.17, 15) is 14.4 Å². The molecule has 0 aliphatic heterocycles. The number of benzene rings is 2. The number of carbonyl (C=O) groups excluding carboxylic acids is 3. The maximum atomic E-state index is 13.9. The number of aromatic nitrogens is 1. The molecule has 0 unspecified atom stereocenters. The molecule has 0 saturated carbocycles. The Morgan fingerprint density at radius 2 is 1.65 bits per heavy atom. The normalized spacial score (nSPS) is 12.7. The molecular formula is C31H41ClN6O5. The maximum Gasteiger partial charge on any atom is 0.329 e. The summed E-state index contributed by atoms with van der Waals surface area (Å²) >= 11 is 5.89. The lowest BCUT2D eigenvalue weighted by Gasteiger charge is -2.36. The van der Waals surface area contributed by atoms with Crippen molar-refractivity contribution in [2.45, 2.75) is 59.2 Å². The second-order valence-electron chi connectivity index (χ2n) is 10.0. The van der Waals surface area contributed by atoms with Crippen LogP contribution in [0.3, 0.4) is 0 Å². The number of ether oxygens (including phenoxy) is 2. The Morgan fingerprint density at radius 1 is 0.977 bits per heavy atom. The minimum absolute atomic E-state index is 0.171. The van der Waals surface area contributed by atoms with Crippen LogP contribution in [0.15, 0.2) is 60.8 Å². The van der Waals surface area contributed by atoms with Gasteiger partial charge in [0.25, 0.3) is 0 Å². The van der Waals surface area contributed by atoms with Crippen molar-refractivity contribution in [3.05, 3.63) is 76.9 Å². The van der Waals surface area contributed by atoms with Crippen LogP contribution in [0, 0.1) is 0 Å². The summed E-state index contributed by atoms with van der Waals surface area (Å²) in [5, 5.41) is 8.38. The van der Waals surface area contributed by atoms with Crippen LogP contribution in [0.5, 0.6) is 0 Å². The van der Waals surface area contributed by atoms with Crippen LogP contribution >= 0.6 is 11.6 Å². The van der Waals surface area contributed by atoms with E-state index in [0.717, 1.165) is 22.0 Å². The highest BCUT2D eigenvalue weighted by Gasteiger charge is 2.32. The van der Waals surface area contributed by atoms with Gasteiger partial charge < -0.3 is 25.0 Å². The summed E-state index contributed by atoms with van der Waals surface area (Å²) in [6.45, 7) is 8.40. The Hall–Kier alpha value is -3.77. The van der Waals surface area contributed by atoms with E-state index < -0.39 is 30.3 Å². The molecule has 2 aromatic carbocycles. The van der Waals surface area contributed by atoms with E-state index in [2.05, 4.69) is 21.0 Å². The molecule has 0 saturated heterocycles. The molecule has 3 rings (SSSR count). The number of pyridine rings is 1. The molecule has 0 spiro atoms. The molecule has 0 radical (unpaired) electrons. The van der Waals surface area contributed by atoms with E-state index in [1.165, 1.54) is 5.01 Å². The molecule has 3 N–H and O–H groups in total. The molecule has 0 fully saturated rings. The van der Waals surface area contributed by atoms with Gasteiger partial charge in [-0.3, -0.25) is 20.0 Å². The van der Waals surface area contributed by atoms with Crippen molar-refractivity contribution in [1.82, 2.24) is 31.0 Å². The fourth-order valence-electron chi connectivity index (χ4n) is 4.55. The third-order valence-electron chi connectivity index (χ3n) is 6.67. The number of urea groups is 1. The van der Waals surface area contributed by atoms with Gasteiger partial charge in [-0.15, -0.1) is 0 Å². The monoisotopic (exact) mass is 612 g/mol. The van der Waals surface area contributed by atoms with Gasteiger partial charge in [0.1, 0.15) is 6.04 Å². The molecule has 0 aliphatic rings. The number of nitrogens with one attached hydrogen (secondary N) is 3. The van der Waals surface area contributed by atoms with E-state index in [-0.39, 0.29) is 19.0 Å². The van der Waals surface area contributed by atoms with Crippen molar-refractivity contribution in [1.29, 1.82) is 0 Å². The summed E-state index contributed by atoms with van der Waals surface area (Å²) < 4.78 is 11.7. The summed E-state index contributed by atoms with van der Waals surface area (Å²) in [7, 11) is 1.56. The van der Waals surface area contributed by atoms with Crippen LogP contribution in [0.25, 0.3) is 10.9 Å². The van der Waals surface area contributed by atoms with E-state index >= 15 is 0 Å². The zero-order valence-corrected chi connectivity index (χ0v) is 26.1. The number of hydrogen-bond acceptors (Lipinski definition) is 7. The number of fused-ring (bicyclic) bond motifs is 1. The van der Waals surface area contributed by atoms with Crippen molar-refractivity contribution in [2.24, 2.45) is 0 Å². The predicted octanol–water partition coefficient (Wildman–Crippen LogP) is 3.86. The standard InChI is InChI=1S/C31H41ClN6O5/c1-6-42-30(43-7-2)22(4)38(19-25-11-8-10-24-12-9-17-33-28(24)25)29(40)21(3)35-27(39)20-37(5)36-31(41)34-18-23-13-15-26(32)16-14-23/h8-17,21-22,30H,6-7,18-20H2,1-5H3,(H,35,39)(H2,34,36,41)/t21-,22-/m0/s1. The molecule has 0 bridgehead atoms.